The number of benzene rings is 3. The van der Waals surface area contributed by atoms with Crippen LogP contribution in [0.3, 0.4) is 0 Å². The highest BCUT2D eigenvalue weighted by atomic mass is 32.2. The second-order valence-corrected chi connectivity index (χ2v) is 9.72. The topological polar surface area (TPSA) is 90.0 Å². The summed E-state index contributed by atoms with van der Waals surface area (Å²) in [6, 6.07) is 17.4. The zero-order valence-corrected chi connectivity index (χ0v) is 19.4. The first kappa shape index (κ1) is 23.5. The summed E-state index contributed by atoms with van der Waals surface area (Å²) in [5, 5.41) is -0.449. The Kier molecular flexibility index (Phi) is 6.71. The van der Waals surface area contributed by atoms with Crippen LogP contribution in [-0.4, -0.2) is 31.6 Å². The monoisotopic (exact) mass is 499 g/mol. The fraction of sp³-hybridized carbons (Fsp3) is 0.0833. The number of hydrogen-bond acceptors (Lipinski definition) is 7. The van der Waals surface area contributed by atoms with E-state index in [1.54, 1.807) is 12.1 Å². The fourth-order valence-electron chi connectivity index (χ4n) is 3.13. The molecule has 1 aliphatic heterocycles. The van der Waals surface area contributed by atoms with Gasteiger partial charge in [0.25, 0.3) is 11.1 Å². The van der Waals surface area contributed by atoms with Gasteiger partial charge < -0.3 is 8.92 Å². The van der Waals surface area contributed by atoms with Crippen molar-refractivity contribution in [1.29, 1.82) is 0 Å². The molecule has 7 nitrogen and oxygen atoms in total. The van der Waals surface area contributed by atoms with Crippen LogP contribution >= 0.6 is 11.8 Å². The first-order valence-electron chi connectivity index (χ1n) is 9.93. The predicted molar refractivity (Wildman–Crippen MR) is 125 cm³/mol. The van der Waals surface area contributed by atoms with Crippen molar-refractivity contribution in [3.63, 3.8) is 0 Å². The van der Waals surface area contributed by atoms with Crippen LogP contribution in [0.5, 0.6) is 11.5 Å². The Hall–Kier alpha value is -3.63. The molecule has 0 aliphatic carbocycles. The molecule has 0 atom stereocenters. The van der Waals surface area contributed by atoms with E-state index >= 15 is 0 Å². The number of hydrogen-bond donors (Lipinski definition) is 0. The summed E-state index contributed by atoms with van der Waals surface area (Å²) in [7, 11) is -2.61. The van der Waals surface area contributed by atoms with Crippen molar-refractivity contribution in [1.82, 2.24) is 4.90 Å². The molecule has 174 valence electrons. The minimum Gasteiger partial charge on any atom is -0.497 e. The van der Waals surface area contributed by atoms with Gasteiger partial charge in [-0.25, -0.2) is 4.39 Å². The quantitative estimate of drug-likeness (QED) is 0.339. The summed E-state index contributed by atoms with van der Waals surface area (Å²) < 4.78 is 48.5. The minimum atomic E-state index is -4.09. The Balaban J connectivity index is 1.51. The lowest BCUT2D eigenvalue weighted by atomic mass is 10.2. The van der Waals surface area contributed by atoms with E-state index in [0.29, 0.717) is 16.9 Å². The smallest absolute Gasteiger partial charge is 0.339 e. The van der Waals surface area contributed by atoms with Crippen LogP contribution in [0.2, 0.25) is 0 Å². The maximum atomic E-state index is 13.1. The van der Waals surface area contributed by atoms with Crippen LogP contribution in [0, 0.1) is 5.82 Å². The summed E-state index contributed by atoms with van der Waals surface area (Å²) >= 11 is 0.772. The largest absolute Gasteiger partial charge is 0.497 e. The second kappa shape index (κ2) is 9.70. The molecule has 0 saturated carbocycles. The van der Waals surface area contributed by atoms with E-state index in [4.69, 9.17) is 8.92 Å². The highest BCUT2D eigenvalue weighted by Crippen LogP contribution is 2.34. The number of imide groups is 1. The number of carbonyl (C=O) groups excluding carboxylic acids is 2. The molecule has 10 heteroatoms. The standard InChI is InChI=1S/C24H18FNO6S2/c1-31-19-9-11-21(12-10-19)34(29,30)32-20-4-2-3-17(13-20)14-22-23(27)26(24(28)33-22)15-16-5-7-18(25)8-6-16/h2-14H,15H2,1H3/b22-14-. The van der Waals surface area contributed by atoms with Gasteiger partial charge in [-0.1, -0.05) is 24.3 Å². The van der Waals surface area contributed by atoms with Crippen LogP contribution < -0.4 is 8.92 Å². The zero-order valence-electron chi connectivity index (χ0n) is 17.8. The number of rotatable bonds is 7. The van der Waals surface area contributed by atoms with Gasteiger partial charge in [0.05, 0.1) is 18.6 Å². The summed E-state index contributed by atoms with van der Waals surface area (Å²) in [6.45, 7) is 0.0194. The molecule has 1 aliphatic rings. The fourth-order valence-corrected chi connectivity index (χ4v) is 4.89. The molecule has 34 heavy (non-hydrogen) atoms. The molecule has 0 spiro atoms. The minimum absolute atomic E-state index is 0.0194. The number of amides is 2. The Morgan fingerprint density at radius 3 is 2.35 bits per heavy atom. The molecule has 3 aromatic rings. The summed E-state index contributed by atoms with van der Waals surface area (Å²) in [6.07, 6.45) is 1.49. The Labute approximate surface area is 199 Å². The van der Waals surface area contributed by atoms with Crippen molar-refractivity contribution in [3.05, 3.63) is 94.6 Å². The van der Waals surface area contributed by atoms with Crippen molar-refractivity contribution in [3.8, 4) is 11.5 Å². The third-order valence-electron chi connectivity index (χ3n) is 4.84. The third kappa shape index (κ3) is 5.29. The Bertz CT molecular complexity index is 1370. The molecule has 0 aromatic heterocycles. The van der Waals surface area contributed by atoms with E-state index < -0.39 is 27.1 Å². The predicted octanol–water partition coefficient (Wildman–Crippen LogP) is 4.84. The van der Waals surface area contributed by atoms with E-state index in [9.17, 15) is 22.4 Å². The summed E-state index contributed by atoms with van der Waals surface area (Å²) in [5.74, 6) is -0.338. The molecule has 4 rings (SSSR count). The number of ether oxygens (including phenoxy) is 1. The van der Waals surface area contributed by atoms with Gasteiger partial charge in [-0.15, -0.1) is 0 Å². The highest BCUT2D eigenvalue weighted by molar-refractivity contribution is 8.18. The van der Waals surface area contributed by atoms with Gasteiger partial charge in [0.1, 0.15) is 22.2 Å². The van der Waals surface area contributed by atoms with Crippen molar-refractivity contribution in [2.45, 2.75) is 11.4 Å². The molecule has 2 amide bonds. The van der Waals surface area contributed by atoms with E-state index in [-0.39, 0.29) is 22.1 Å². The molecule has 1 fully saturated rings. The van der Waals surface area contributed by atoms with Gasteiger partial charge in [-0.05, 0) is 77.5 Å². The number of nitrogens with zero attached hydrogens (tertiary/aromatic N) is 1. The average molecular weight is 500 g/mol. The molecule has 1 heterocycles. The van der Waals surface area contributed by atoms with Crippen molar-refractivity contribution in [2.24, 2.45) is 0 Å². The highest BCUT2D eigenvalue weighted by Gasteiger charge is 2.35. The molecule has 1 saturated heterocycles. The molecule has 0 unspecified atom stereocenters. The zero-order chi connectivity index (χ0) is 24.3. The molecule has 0 radical (unpaired) electrons. The van der Waals surface area contributed by atoms with Crippen LogP contribution in [0.25, 0.3) is 6.08 Å². The van der Waals surface area contributed by atoms with Crippen molar-refractivity contribution in [2.75, 3.05) is 7.11 Å². The van der Waals surface area contributed by atoms with Crippen molar-refractivity contribution >= 4 is 39.1 Å². The van der Waals surface area contributed by atoms with E-state index in [1.807, 2.05) is 0 Å². The summed E-state index contributed by atoms with van der Waals surface area (Å²) in [4.78, 5) is 26.3. The van der Waals surface area contributed by atoms with Crippen LogP contribution in [0.4, 0.5) is 9.18 Å². The average Bonchev–Trinajstić information content (AvgIpc) is 3.07. The second-order valence-electron chi connectivity index (χ2n) is 7.18. The van der Waals surface area contributed by atoms with Gasteiger partial charge in [-0.3, -0.25) is 14.5 Å². The molecule has 0 bridgehead atoms. The normalized spacial score (nSPS) is 15.1. The maximum Gasteiger partial charge on any atom is 0.339 e. The molecular weight excluding hydrogens is 481 g/mol. The van der Waals surface area contributed by atoms with Crippen molar-refractivity contribution < 1.29 is 31.3 Å². The molecule has 0 N–H and O–H groups in total. The SMILES string of the molecule is COc1ccc(S(=O)(=O)Oc2cccc(/C=C3\SC(=O)N(Cc4ccc(F)cc4)C3=O)c2)cc1. The lowest BCUT2D eigenvalue weighted by Gasteiger charge is -2.12. The number of halogens is 1. The third-order valence-corrected chi connectivity index (χ3v) is 7.01. The van der Waals surface area contributed by atoms with Crippen LogP contribution in [0.1, 0.15) is 11.1 Å². The lowest BCUT2D eigenvalue weighted by molar-refractivity contribution is -0.123. The Morgan fingerprint density at radius 2 is 1.68 bits per heavy atom. The number of thioether (sulfide) groups is 1. The van der Waals surface area contributed by atoms with E-state index in [0.717, 1.165) is 16.7 Å². The Morgan fingerprint density at radius 1 is 0.971 bits per heavy atom. The van der Waals surface area contributed by atoms with E-state index in [2.05, 4.69) is 0 Å². The maximum absolute atomic E-state index is 13.1. The van der Waals surface area contributed by atoms with Gasteiger partial charge in [0.15, 0.2) is 0 Å². The van der Waals surface area contributed by atoms with Crippen LogP contribution in [-0.2, 0) is 21.5 Å². The van der Waals surface area contributed by atoms with Gasteiger partial charge in [0, 0.05) is 0 Å². The molecular formula is C24H18FNO6S2. The van der Waals surface area contributed by atoms with Gasteiger partial charge in [0.2, 0.25) is 0 Å². The summed E-state index contributed by atoms with van der Waals surface area (Å²) in [5.41, 5.74) is 1.10. The van der Waals surface area contributed by atoms with E-state index in [1.165, 1.54) is 73.8 Å². The van der Waals surface area contributed by atoms with Gasteiger partial charge in [-0.2, -0.15) is 8.42 Å². The van der Waals surface area contributed by atoms with Gasteiger partial charge >= 0.3 is 10.1 Å². The first-order valence-corrected chi connectivity index (χ1v) is 12.2. The lowest BCUT2D eigenvalue weighted by Crippen LogP contribution is -2.27. The number of methoxy groups -OCH3 is 1. The van der Waals surface area contributed by atoms with Crippen LogP contribution in [0.15, 0.2) is 82.6 Å². The first-order chi connectivity index (χ1) is 16.2. The number of carbonyl (C=O) groups is 2. The molecule has 3 aromatic carbocycles.